The lowest BCUT2D eigenvalue weighted by Crippen LogP contribution is -2.50. The number of likely N-dealkylation sites (tertiary alicyclic amines) is 2. The summed E-state index contributed by atoms with van der Waals surface area (Å²) in [6, 6.07) is 16.6. The number of aliphatic hydroxyl groups excluding tert-OH is 1. The van der Waals surface area contributed by atoms with Gasteiger partial charge in [0.2, 0.25) is 18.0 Å². The summed E-state index contributed by atoms with van der Waals surface area (Å²) in [6.45, 7) is 11.3. The Balaban J connectivity index is 0.00000697. The first-order valence-corrected chi connectivity index (χ1v) is 34.0. The van der Waals surface area contributed by atoms with Gasteiger partial charge in [0.25, 0.3) is 17.7 Å². The zero-order chi connectivity index (χ0) is 74.8. The Morgan fingerprint density at radius 1 is 0.695 bits per heavy atom. The fourth-order valence-electron chi connectivity index (χ4n) is 13.3. The van der Waals surface area contributed by atoms with E-state index in [9.17, 15) is 75.5 Å². The highest BCUT2D eigenvalue weighted by Gasteiger charge is 2.53. The zero-order valence-electron chi connectivity index (χ0n) is 57.6. The molecule has 5 aromatic rings. The summed E-state index contributed by atoms with van der Waals surface area (Å²) in [5.74, 6) is -4.44. The Labute approximate surface area is 622 Å². The first-order chi connectivity index (χ1) is 48.7. The lowest BCUT2D eigenvalue weighted by Gasteiger charge is -2.34. The molecule has 0 bridgehead atoms. The number of rotatable bonds is 21. The highest BCUT2D eigenvalue weighted by atomic mass is 35.5. The molecule has 2 aromatic heterocycles. The maximum absolute atomic E-state index is 15.6. The van der Waals surface area contributed by atoms with Crippen LogP contribution in [-0.2, 0) is 58.7 Å². The standard InChI is InChI=1S/C70H72F7N13O11S2.2ClH/c1-7-41-27-45(89-64(102)87(62(96)67(89,3)4)48-32-50(69(72,73)74)53(34-78)80-36-48)9-12-55(41)99-25-19-39-15-21-84(22-16-39)38-58(92)86(47-30-43(71)29-44(31-47)82-52-11-14-57(91)83-59(52)93)66(98)101-61(95)60(94)85-23-17-40(18-24-85)20-26-100-56-13-10-46(28-42(56)8-2)90-65(103)88(63(97)68(90,5)6)49-33-51(70(75,76)77)54(35-79)81-37-49;;/h9-10,12-13,27-33,36-37,39-40,52,60,82,94H,7-8,11,14-26,38H2,1-6H3,(H,83,91,93);2*1H. The summed E-state index contributed by atoms with van der Waals surface area (Å²) < 4.78 is 117. The average molecular weight is 1540 g/mol. The van der Waals surface area contributed by atoms with E-state index in [1.54, 1.807) is 69.0 Å². The molecule has 10 rings (SSSR count). The Bertz CT molecular complexity index is 4320. The Morgan fingerprint density at radius 3 is 1.60 bits per heavy atom. The lowest BCUT2D eigenvalue weighted by atomic mass is 9.94. The number of amides is 6. The number of thiocarbonyl (C=S) groups is 2. The number of hydrogen-bond donors (Lipinski definition) is 3. The summed E-state index contributed by atoms with van der Waals surface area (Å²) in [7, 11) is 0. The molecule has 0 spiro atoms. The molecule has 35 heteroatoms. The third kappa shape index (κ3) is 17.5. The van der Waals surface area contributed by atoms with Gasteiger partial charge in [0.1, 0.15) is 46.6 Å². The van der Waals surface area contributed by atoms with E-state index in [1.165, 1.54) is 32.9 Å². The van der Waals surface area contributed by atoms with E-state index in [0.29, 0.717) is 104 Å². The quantitative estimate of drug-likeness (QED) is 0.0202. The Kier molecular flexibility index (Phi) is 25.6. The summed E-state index contributed by atoms with van der Waals surface area (Å²) in [4.78, 5) is 111. The number of anilines is 6. The highest BCUT2D eigenvalue weighted by molar-refractivity contribution is 7.81. The summed E-state index contributed by atoms with van der Waals surface area (Å²) in [5.41, 5.74) is -5.52. The van der Waals surface area contributed by atoms with Crippen LogP contribution in [-0.4, -0.2) is 146 Å². The van der Waals surface area contributed by atoms with Crippen molar-refractivity contribution in [2.24, 2.45) is 11.8 Å². The van der Waals surface area contributed by atoms with Crippen molar-refractivity contribution in [2.75, 3.05) is 75.8 Å². The number of nitrogens with one attached hydrogen (secondary N) is 2. The number of aryl methyl sites for hydroxylation is 2. The number of nitrogens with zero attached hydrogens (tertiary/aromatic N) is 11. The van der Waals surface area contributed by atoms with Gasteiger partial charge >= 0.3 is 24.4 Å². The second kappa shape index (κ2) is 33.1. The number of halogens is 9. The van der Waals surface area contributed by atoms with Crippen LogP contribution in [0.5, 0.6) is 11.5 Å². The molecule has 0 radical (unpaired) electrons. The number of aromatic nitrogens is 2. The number of pyridine rings is 2. The number of imide groups is 2. The van der Waals surface area contributed by atoms with Gasteiger partial charge in [-0.25, -0.2) is 28.8 Å². The number of nitriles is 2. The second-order valence-electron chi connectivity index (χ2n) is 26.4. The van der Waals surface area contributed by atoms with Crippen LogP contribution in [0.15, 0.2) is 79.1 Å². The van der Waals surface area contributed by atoms with Crippen molar-refractivity contribution in [1.82, 2.24) is 25.1 Å². The van der Waals surface area contributed by atoms with E-state index in [1.807, 2.05) is 13.8 Å². The number of piperidine rings is 3. The molecule has 6 amide bonds. The van der Waals surface area contributed by atoms with Crippen molar-refractivity contribution < 1.29 is 83.6 Å². The number of alkyl halides is 6. The molecular formula is C70H74Cl2F7N13O11S2. The third-order valence-corrected chi connectivity index (χ3v) is 19.7. The van der Waals surface area contributed by atoms with E-state index in [-0.39, 0.29) is 109 Å². The monoisotopic (exact) mass is 1540 g/mol. The van der Waals surface area contributed by atoms with Gasteiger partial charge in [-0.15, -0.1) is 24.8 Å². The number of benzene rings is 3. The fourth-order valence-corrected chi connectivity index (χ4v) is 14.3. The lowest BCUT2D eigenvalue weighted by molar-refractivity contribution is -0.159. The molecule has 5 aliphatic heterocycles. The van der Waals surface area contributed by atoms with Crippen LogP contribution in [0.2, 0.25) is 0 Å². The smallest absolute Gasteiger partial charge is 0.429 e. The molecule has 2 atom stereocenters. The van der Waals surface area contributed by atoms with Gasteiger partial charge in [-0.1, -0.05) is 13.8 Å². The van der Waals surface area contributed by atoms with E-state index in [4.69, 9.17) is 38.6 Å². The third-order valence-electron chi connectivity index (χ3n) is 19.0. The normalized spacial score (nSPS) is 18.4. The summed E-state index contributed by atoms with van der Waals surface area (Å²) >= 11 is 11.4. The van der Waals surface area contributed by atoms with Gasteiger partial charge in [0.15, 0.2) is 21.6 Å². The molecule has 2 unspecified atom stereocenters. The first-order valence-electron chi connectivity index (χ1n) is 33.2. The second-order valence-corrected chi connectivity index (χ2v) is 27.2. The molecule has 0 aliphatic carbocycles. The van der Waals surface area contributed by atoms with Crippen molar-refractivity contribution >= 4 is 135 Å². The molecule has 0 saturated carbocycles. The maximum atomic E-state index is 15.6. The van der Waals surface area contributed by atoms with Crippen LogP contribution in [0.25, 0.3) is 0 Å². The van der Waals surface area contributed by atoms with Gasteiger partial charge in [-0.3, -0.25) is 48.9 Å². The summed E-state index contributed by atoms with van der Waals surface area (Å²) in [6.07, 6.45) is -7.12. The number of carbonyl (C=O) groups is 7. The predicted molar refractivity (Wildman–Crippen MR) is 382 cm³/mol. The van der Waals surface area contributed by atoms with Gasteiger partial charge < -0.3 is 34.4 Å². The fraction of sp³-hybridized carbons (Fsp3) is 0.443. The first kappa shape index (κ1) is 81.4. The Hall–Kier alpha value is -9.22. The Morgan fingerprint density at radius 2 is 1.16 bits per heavy atom. The largest absolute Gasteiger partial charge is 0.493 e. The minimum atomic E-state index is -4.93. The van der Waals surface area contributed by atoms with Gasteiger partial charge in [-0.05, 0) is 213 Å². The molecule has 24 nitrogen and oxygen atoms in total. The van der Waals surface area contributed by atoms with Crippen molar-refractivity contribution in [2.45, 2.75) is 141 Å². The van der Waals surface area contributed by atoms with Crippen molar-refractivity contribution in [3.05, 3.63) is 119 Å². The molecule has 5 aliphatic rings. The van der Waals surface area contributed by atoms with Crippen molar-refractivity contribution in [1.29, 1.82) is 10.5 Å². The van der Waals surface area contributed by atoms with Crippen LogP contribution in [0, 0.1) is 40.3 Å². The van der Waals surface area contributed by atoms with E-state index in [0.717, 1.165) is 45.5 Å². The molecule has 7 heterocycles. The molecule has 560 valence electrons. The minimum Gasteiger partial charge on any atom is -0.493 e. The van der Waals surface area contributed by atoms with Crippen LogP contribution >= 0.6 is 49.2 Å². The number of ether oxygens (including phenoxy) is 3. The van der Waals surface area contributed by atoms with Crippen LogP contribution in [0.1, 0.15) is 127 Å². The molecule has 3 aromatic carbocycles. The molecule has 105 heavy (non-hydrogen) atoms. The zero-order valence-corrected chi connectivity index (χ0v) is 60.8. The van der Waals surface area contributed by atoms with Gasteiger partial charge in [0, 0.05) is 36.6 Å². The van der Waals surface area contributed by atoms with Crippen LogP contribution in [0.3, 0.4) is 0 Å². The summed E-state index contributed by atoms with van der Waals surface area (Å²) in [5, 5.41) is 34.7. The SMILES string of the molecule is CCc1cc(N2C(=S)N(c3cnc(C#N)c(C(F)(F)F)c3)C(=O)C2(C)C)ccc1OCCC1CCN(CC(=O)N(C(=O)OC(=O)C(O)N2CCC(CCOc3ccc(N4C(=S)N(c5cnc(C#N)c(C(F)(F)F)c5)C(=O)C4(C)C)cc3CC)CC2)c2cc(F)cc(NC3CCC(=O)NC3=O)c2)CC1.Cl.Cl. The minimum absolute atomic E-state index is 0. The predicted octanol–water partition coefficient (Wildman–Crippen LogP) is 11.1. The van der Waals surface area contributed by atoms with Gasteiger partial charge in [-0.2, -0.15) is 36.9 Å². The van der Waals surface area contributed by atoms with Crippen molar-refractivity contribution in [3.63, 3.8) is 0 Å². The number of esters is 1. The molecule has 5 fully saturated rings. The number of carbonyl (C=O) groups excluding carboxylic acids is 7. The molecule has 3 N–H and O–H groups in total. The maximum Gasteiger partial charge on any atom is 0.429 e. The number of hydrogen-bond acceptors (Lipinski definition) is 20. The van der Waals surface area contributed by atoms with Gasteiger partial charge in [0.05, 0.1) is 60.3 Å². The van der Waals surface area contributed by atoms with Crippen molar-refractivity contribution in [3.8, 4) is 23.6 Å². The topological polar surface area (TPSA) is 288 Å². The molecule has 5 saturated heterocycles. The van der Waals surface area contributed by atoms with E-state index >= 15 is 4.39 Å². The van der Waals surface area contributed by atoms with Crippen LogP contribution in [0.4, 0.5) is 69.7 Å². The van der Waals surface area contributed by atoms with Crippen LogP contribution < -0.4 is 44.6 Å². The highest BCUT2D eigenvalue weighted by Crippen LogP contribution is 2.43. The van der Waals surface area contributed by atoms with E-state index in [2.05, 4.69) is 20.6 Å². The average Bonchev–Trinajstić information content (AvgIpc) is 1.59. The molecular weight excluding hydrogens is 1470 g/mol. The van der Waals surface area contributed by atoms with E-state index < -0.39 is 112 Å². The number of aliphatic hydroxyl groups is 1.